The minimum atomic E-state index is -3.06. The molecule has 0 bridgehead atoms. The van der Waals surface area contributed by atoms with Crippen LogP contribution in [0.15, 0.2) is 30.3 Å². The third-order valence-corrected chi connectivity index (χ3v) is 6.82. The number of benzene rings is 1. The van der Waals surface area contributed by atoms with Crippen molar-refractivity contribution in [3.05, 3.63) is 35.9 Å². The lowest BCUT2D eigenvalue weighted by Crippen LogP contribution is -2.50. The van der Waals surface area contributed by atoms with E-state index in [1.165, 1.54) is 5.56 Å². The van der Waals surface area contributed by atoms with Crippen LogP contribution >= 0.6 is 0 Å². The van der Waals surface area contributed by atoms with Crippen LogP contribution < -0.4 is 0 Å². The van der Waals surface area contributed by atoms with Gasteiger partial charge in [0.15, 0.2) is 0 Å². The summed E-state index contributed by atoms with van der Waals surface area (Å²) in [5.41, 5.74) is 1.28. The molecule has 0 fully saturated rings. The van der Waals surface area contributed by atoms with Crippen molar-refractivity contribution < 1.29 is 41.4 Å². The second-order valence-electron chi connectivity index (χ2n) is 6.94. The van der Waals surface area contributed by atoms with Gasteiger partial charge < -0.3 is 41.4 Å². The first-order valence-electron chi connectivity index (χ1n) is 12.2. The fourth-order valence-corrected chi connectivity index (χ4v) is 4.72. The largest absolute Gasteiger partial charge is 0.679 e. The maximum Gasteiger partial charge on any atom is 0.679 e. The molecule has 0 saturated carbocycles. The summed E-state index contributed by atoms with van der Waals surface area (Å²) in [6.07, 6.45) is 0.917. The summed E-state index contributed by atoms with van der Waals surface area (Å²) in [5.74, 6) is 0. The van der Waals surface area contributed by atoms with Gasteiger partial charge in [0.25, 0.3) is 0 Å². The third-order valence-electron chi connectivity index (χ3n) is 4.34. The van der Waals surface area contributed by atoms with Crippen LogP contribution in [0.4, 0.5) is 0 Å². The number of rotatable bonds is 25. The Balaban J connectivity index is 1.82. The highest BCUT2D eigenvalue weighted by Crippen LogP contribution is 2.11. The average Bonchev–Trinajstić information content (AvgIpc) is 2.84. The number of hydrogen-bond acceptors (Lipinski definition) is 9. The lowest BCUT2D eigenvalue weighted by Gasteiger charge is -2.26. The Kier molecular flexibility index (Phi) is 20.6. The minimum Gasteiger partial charge on any atom is -0.379 e. The van der Waals surface area contributed by atoms with Crippen molar-refractivity contribution in [3.8, 4) is 0 Å². The molecule has 1 rings (SSSR count). The zero-order valence-electron chi connectivity index (χ0n) is 21.2. The van der Waals surface area contributed by atoms with Gasteiger partial charge in [0.2, 0.25) is 0 Å². The molecule has 0 saturated heterocycles. The first kappa shape index (κ1) is 31.1. The van der Waals surface area contributed by atoms with Gasteiger partial charge >= 0.3 is 9.05 Å². The van der Waals surface area contributed by atoms with E-state index in [9.17, 15) is 0 Å². The molecule has 0 aliphatic carbocycles. The predicted molar refractivity (Wildman–Crippen MR) is 131 cm³/mol. The predicted octanol–water partition coefficient (Wildman–Crippen LogP) is 2.87. The zero-order chi connectivity index (χ0) is 24.6. The van der Waals surface area contributed by atoms with Crippen molar-refractivity contribution in [1.82, 2.24) is 0 Å². The molecule has 1 aromatic rings. The Morgan fingerprint density at radius 1 is 0.471 bits per heavy atom. The van der Waals surface area contributed by atoms with Gasteiger partial charge in [-0.3, -0.25) is 0 Å². The average molecular weight is 505 g/mol. The van der Waals surface area contributed by atoms with Crippen LogP contribution in [0.3, 0.4) is 0 Å². The summed E-state index contributed by atoms with van der Waals surface area (Å²) in [4.78, 5) is 0. The molecule has 0 spiro atoms. The van der Waals surface area contributed by atoms with Gasteiger partial charge in [-0.05, 0) is 32.8 Å². The van der Waals surface area contributed by atoms with Gasteiger partial charge in [-0.2, -0.15) is 0 Å². The van der Waals surface area contributed by atoms with Crippen molar-refractivity contribution in [2.75, 3.05) is 92.5 Å². The van der Waals surface area contributed by atoms with E-state index < -0.39 is 9.05 Å². The van der Waals surface area contributed by atoms with E-state index in [-0.39, 0.29) is 0 Å². The molecule has 0 heterocycles. The molecule has 0 aromatic heterocycles. The standard InChI is InChI=1S/C24H44O9Si/c1-4-30-34(31-5-2,32-6-3)33-23-22-29-21-20-28-19-18-27-17-16-26-15-14-25-13-12-24-10-8-7-9-11-24/h7-11H,4-6,12-23H2,1-3H3. The van der Waals surface area contributed by atoms with Gasteiger partial charge in [0, 0.05) is 19.8 Å². The SMILES string of the molecule is CCO[Si](OCC)(OCC)OCCOCCOCCOCCOCCOCCc1ccccc1. The fourth-order valence-electron chi connectivity index (χ4n) is 2.82. The summed E-state index contributed by atoms with van der Waals surface area (Å²) in [5, 5.41) is 0. The summed E-state index contributed by atoms with van der Waals surface area (Å²) in [6, 6.07) is 10.3. The highest BCUT2D eigenvalue weighted by molar-refractivity contribution is 6.53. The Bertz CT molecular complexity index is 533. The molecule has 0 unspecified atom stereocenters. The number of ether oxygens (including phenoxy) is 5. The molecule has 0 N–H and O–H groups in total. The maximum absolute atomic E-state index is 5.76. The minimum absolute atomic E-state index is 0.341. The van der Waals surface area contributed by atoms with Crippen LogP contribution in [-0.2, 0) is 47.8 Å². The lowest BCUT2D eigenvalue weighted by atomic mass is 10.2. The van der Waals surface area contributed by atoms with Crippen LogP contribution in [0, 0.1) is 0 Å². The normalized spacial score (nSPS) is 11.9. The highest BCUT2D eigenvalue weighted by Gasteiger charge is 2.44. The smallest absolute Gasteiger partial charge is 0.379 e. The first-order valence-corrected chi connectivity index (χ1v) is 13.9. The molecule has 0 radical (unpaired) electrons. The van der Waals surface area contributed by atoms with Gasteiger partial charge in [-0.1, -0.05) is 30.3 Å². The second-order valence-corrected chi connectivity index (χ2v) is 9.10. The third kappa shape index (κ3) is 16.7. The quantitative estimate of drug-likeness (QED) is 0.147. The zero-order valence-corrected chi connectivity index (χ0v) is 22.2. The van der Waals surface area contributed by atoms with Gasteiger partial charge in [-0.15, -0.1) is 0 Å². The molecule has 0 atom stereocenters. The highest BCUT2D eigenvalue weighted by atomic mass is 28.4. The molecule has 10 heteroatoms. The molecule has 0 amide bonds. The molecule has 0 aliphatic rings. The van der Waals surface area contributed by atoms with E-state index in [4.69, 9.17) is 41.4 Å². The summed E-state index contributed by atoms with van der Waals surface area (Å²) in [7, 11) is -3.06. The van der Waals surface area contributed by atoms with E-state index in [1.54, 1.807) is 0 Å². The second kappa shape index (κ2) is 22.5. The molecule has 1 aromatic carbocycles. The molecule has 0 aliphatic heterocycles. The van der Waals surface area contributed by atoms with Crippen LogP contribution in [0.1, 0.15) is 26.3 Å². The van der Waals surface area contributed by atoms with E-state index >= 15 is 0 Å². The van der Waals surface area contributed by atoms with Gasteiger partial charge in [0.05, 0.1) is 72.7 Å². The van der Waals surface area contributed by atoms with E-state index in [1.807, 2.05) is 39.0 Å². The summed E-state index contributed by atoms with van der Waals surface area (Å²) >= 11 is 0. The monoisotopic (exact) mass is 504 g/mol. The topological polar surface area (TPSA) is 83.1 Å². The van der Waals surface area contributed by atoms with Crippen LogP contribution in [0.2, 0.25) is 0 Å². The van der Waals surface area contributed by atoms with Crippen LogP contribution in [0.25, 0.3) is 0 Å². The Morgan fingerprint density at radius 2 is 0.853 bits per heavy atom. The summed E-state index contributed by atoms with van der Waals surface area (Å²) < 4.78 is 50.2. The molecule has 34 heavy (non-hydrogen) atoms. The van der Waals surface area contributed by atoms with Crippen molar-refractivity contribution in [3.63, 3.8) is 0 Å². The molecular weight excluding hydrogens is 460 g/mol. The molecular formula is C24H44O9Si. The molecule has 198 valence electrons. The number of hydrogen-bond donors (Lipinski definition) is 0. The van der Waals surface area contributed by atoms with Crippen LogP contribution in [-0.4, -0.2) is 102 Å². The maximum atomic E-state index is 5.76. The van der Waals surface area contributed by atoms with E-state index in [0.717, 1.165) is 6.42 Å². The summed E-state index contributed by atoms with van der Waals surface area (Å²) in [6.45, 7) is 12.8. The van der Waals surface area contributed by atoms with Gasteiger partial charge in [0.1, 0.15) is 0 Å². The van der Waals surface area contributed by atoms with Gasteiger partial charge in [-0.25, -0.2) is 0 Å². The van der Waals surface area contributed by atoms with Crippen molar-refractivity contribution in [2.45, 2.75) is 27.2 Å². The fraction of sp³-hybridized carbons (Fsp3) is 0.750. The lowest BCUT2D eigenvalue weighted by molar-refractivity contribution is -0.0449. The first-order chi connectivity index (χ1) is 16.8. The Hall–Kier alpha value is -0.923. The molecule has 9 nitrogen and oxygen atoms in total. The van der Waals surface area contributed by atoms with Crippen molar-refractivity contribution in [2.24, 2.45) is 0 Å². The van der Waals surface area contributed by atoms with E-state index in [0.29, 0.717) is 92.5 Å². The Morgan fingerprint density at radius 3 is 1.26 bits per heavy atom. The van der Waals surface area contributed by atoms with Crippen molar-refractivity contribution in [1.29, 1.82) is 0 Å². The van der Waals surface area contributed by atoms with Crippen LogP contribution in [0.5, 0.6) is 0 Å². The van der Waals surface area contributed by atoms with Crippen molar-refractivity contribution >= 4 is 9.05 Å². The van der Waals surface area contributed by atoms with E-state index in [2.05, 4.69) is 12.1 Å². The Labute approximate surface area is 206 Å².